The van der Waals surface area contributed by atoms with Crippen LogP contribution in [0.4, 0.5) is 5.69 Å². The van der Waals surface area contributed by atoms with Gasteiger partial charge in [-0.15, -0.1) is 0 Å². The van der Waals surface area contributed by atoms with E-state index in [2.05, 4.69) is 50.4 Å². The number of methoxy groups -OCH3 is 1. The van der Waals surface area contributed by atoms with Crippen molar-refractivity contribution in [3.8, 4) is 5.75 Å². The lowest BCUT2D eigenvalue weighted by Gasteiger charge is -2.46. The fraction of sp³-hybridized carbons (Fsp3) is 0.545. The van der Waals surface area contributed by atoms with Crippen LogP contribution in [-0.4, -0.2) is 70.1 Å². The number of halogens is 2. The molecule has 0 aromatic heterocycles. The summed E-state index contributed by atoms with van der Waals surface area (Å²) in [7, 11) is -2.17. The second kappa shape index (κ2) is 13.5. The molecular formula is C33H40ClIN2O6S. The van der Waals surface area contributed by atoms with Crippen LogP contribution in [0.5, 0.6) is 5.75 Å². The largest absolute Gasteiger partial charge is 0.490 e. The summed E-state index contributed by atoms with van der Waals surface area (Å²) >= 11 is 8.56. The number of amides is 1. The van der Waals surface area contributed by atoms with Crippen LogP contribution in [0.1, 0.15) is 53.6 Å². The van der Waals surface area contributed by atoms with Crippen molar-refractivity contribution in [3.63, 3.8) is 0 Å². The van der Waals surface area contributed by atoms with Gasteiger partial charge in [-0.2, -0.15) is 0 Å². The van der Waals surface area contributed by atoms with E-state index in [4.69, 9.17) is 25.8 Å². The smallest absolute Gasteiger partial charge is 0.264 e. The molecule has 2 bridgehead atoms. The number of carbonyl (C=O) groups is 1. The Kier molecular flexibility index (Phi) is 9.83. The maximum Gasteiger partial charge on any atom is 0.264 e. The van der Waals surface area contributed by atoms with Gasteiger partial charge in [0.1, 0.15) is 5.75 Å². The SMILES string of the molecule is COCCO[C@H]1/C=C/C[C@@H](I)CS(=O)(=O)NC(=O)c2ccc3c(c2)N(C[C@@H]2CC[C@H]21)C[C@@]1(CCCc2cc(Cl)ccc21)CO3. The van der Waals surface area contributed by atoms with E-state index in [-0.39, 0.29) is 21.2 Å². The van der Waals surface area contributed by atoms with Gasteiger partial charge in [-0.05, 0) is 91.8 Å². The monoisotopic (exact) mass is 754 g/mol. The van der Waals surface area contributed by atoms with E-state index < -0.39 is 15.9 Å². The first kappa shape index (κ1) is 32.1. The van der Waals surface area contributed by atoms with Gasteiger partial charge in [-0.3, -0.25) is 4.79 Å². The molecule has 2 aromatic carbocycles. The fourth-order valence-corrected chi connectivity index (χ4v) is 10.3. The summed E-state index contributed by atoms with van der Waals surface area (Å²) in [6, 6.07) is 11.5. The van der Waals surface area contributed by atoms with Crippen molar-refractivity contribution in [3.05, 3.63) is 70.3 Å². The molecule has 1 N–H and O–H groups in total. The molecular weight excluding hydrogens is 715 g/mol. The third kappa shape index (κ3) is 6.94. The number of carbonyl (C=O) groups excluding carboxylic acids is 1. The Morgan fingerprint density at radius 1 is 1.18 bits per heavy atom. The van der Waals surface area contributed by atoms with Gasteiger partial charge in [0.05, 0.1) is 37.4 Å². The number of benzene rings is 2. The number of fused-ring (bicyclic) bond motifs is 4. The average Bonchev–Trinajstić information content (AvgIpc) is 3.11. The molecule has 6 rings (SSSR count). The molecule has 44 heavy (non-hydrogen) atoms. The zero-order chi connectivity index (χ0) is 30.9. The van der Waals surface area contributed by atoms with Gasteiger partial charge in [0.15, 0.2) is 0 Å². The summed E-state index contributed by atoms with van der Waals surface area (Å²) in [4.78, 5) is 15.7. The molecule has 0 unspecified atom stereocenters. The van der Waals surface area contributed by atoms with Gasteiger partial charge < -0.3 is 19.1 Å². The molecule has 0 radical (unpaired) electrons. The zero-order valence-electron chi connectivity index (χ0n) is 25.0. The number of sulfonamides is 1. The second-order valence-electron chi connectivity index (χ2n) is 12.6. The molecule has 1 saturated carbocycles. The molecule has 1 amide bonds. The normalized spacial score (nSPS) is 30.6. The van der Waals surface area contributed by atoms with Crippen LogP contribution in [0, 0.1) is 11.8 Å². The van der Waals surface area contributed by atoms with Crippen LogP contribution >= 0.6 is 34.2 Å². The van der Waals surface area contributed by atoms with Crippen molar-refractivity contribution in [1.29, 1.82) is 0 Å². The van der Waals surface area contributed by atoms with Crippen LogP contribution in [0.15, 0.2) is 48.6 Å². The van der Waals surface area contributed by atoms with Gasteiger partial charge in [-0.25, -0.2) is 13.1 Å². The molecule has 1 fully saturated rings. The van der Waals surface area contributed by atoms with Crippen molar-refractivity contribution in [2.45, 2.75) is 54.0 Å². The zero-order valence-corrected chi connectivity index (χ0v) is 28.7. The number of nitrogens with zero attached hydrogens (tertiary/aromatic N) is 1. The first-order chi connectivity index (χ1) is 21.2. The van der Waals surface area contributed by atoms with Crippen molar-refractivity contribution < 1.29 is 27.4 Å². The lowest BCUT2D eigenvalue weighted by molar-refractivity contribution is -0.0309. The number of ether oxygens (including phenoxy) is 3. The van der Waals surface area contributed by atoms with E-state index in [9.17, 15) is 13.2 Å². The number of alkyl halides is 1. The number of allylic oxidation sites excluding steroid dienone is 1. The van der Waals surface area contributed by atoms with Gasteiger partial charge in [0, 0.05) is 40.1 Å². The quantitative estimate of drug-likeness (QED) is 0.186. The maximum absolute atomic E-state index is 13.3. The molecule has 8 nitrogen and oxygen atoms in total. The fourth-order valence-electron chi connectivity index (χ4n) is 7.29. The van der Waals surface area contributed by atoms with E-state index in [0.29, 0.717) is 49.4 Å². The number of hydrogen-bond acceptors (Lipinski definition) is 7. The minimum absolute atomic E-state index is 0.0859. The molecule has 2 aromatic rings. The van der Waals surface area contributed by atoms with Crippen molar-refractivity contribution in [2.75, 3.05) is 50.7 Å². The minimum atomic E-state index is -3.84. The Morgan fingerprint density at radius 2 is 2.05 bits per heavy atom. The van der Waals surface area contributed by atoms with Crippen LogP contribution in [0.3, 0.4) is 0 Å². The lowest BCUT2D eigenvalue weighted by Crippen LogP contribution is -2.49. The third-order valence-electron chi connectivity index (χ3n) is 9.62. The van der Waals surface area contributed by atoms with Crippen LogP contribution in [0.25, 0.3) is 0 Å². The highest BCUT2D eigenvalue weighted by molar-refractivity contribution is 14.1. The Balaban J connectivity index is 1.40. The summed E-state index contributed by atoms with van der Waals surface area (Å²) in [6.07, 6.45) is 9.76. The molecule has 11 heteroatoms. The van der Waals surface area contributed by atoms with Gasteiger partial charge in [0.2, 0.25) is 10.0 Å². The topological polar surface area (TPSA) is 94.2 Å². The van der Waals surface area contributed by atoms with E-state index in [1.54, 1.807) is 19.2 Å². The number of hydrogen-bond donors (Lipinski definition) is 1. The maximum atomic E-state index is 13.3. The van der Waals surface area contributed by atoms with Gasteiger partial charge in [-0.1, -0.05) is 52.4 Å². The third-order valence-corrected chi connectivity index (χ3v) is 12.7. The van der Waals surface area contributed by atoms with E-state index in [1.165, 1.54) is 11.1 Å². The molecule has 1 spiro atoms. The number of anilines is 1. The molecule has 5 atom stereocenters. The lowest BCUT2D eigenvalue weighted by atomic mass is 9.68. The van der Waals surface area contributed by atoms with Crippen LogP contribution in [0.2, 0.25) is 5.02 Å². The summed E-state index contributed by atoms with van der Waals surface area (Å²) in [5.41, 5.74) is 3.43. The minimum Gasteiger partial charge on any atom is -0.490 e. The van der Waals surface area contributed by atoms with Gasteiger partial charge >= 0.3 is 0 Å². The number of nitrogens with one attached hydrogen (secondary N) is 1. The molecule has 2 heterocycles. The molecule has 4 aliphatic rings. The number of aryl methyl sites for hydroxylation is 1. The average molecular weight is 755 g/mol. The summed E-state index contributed by atoms with van der Waals surface area (Å²) in [5, 5.41) is 0.744. The van der Waals surface area contributed by atoms with E-state index in [0.717, 1.165) is 55.9 Å². The molecule has 2 aliphatic carbocycles. The first-order valence-corrected chi connectivity index (χ1v) is 18.7. The number of rotatable bonds is 4. The van der Waals surface area contributed by atoms with E-state index in [1.807, 2.05) is 18.2 Å². The molecule has 0 saturated heterocycles. The predicted octanol–water partition coefficient (Wildman–Crippen LogP) is 5.69. The van der Waals surface area contributed by atoms with E-state index >= 15 is 0 Å². The molecule has 238 valence electrons. The van der Waals surface area contributed by atoms with Crippen LogP contribution < -0.4 is 14.4 Å². The summed E-state index contributed by atoms with van der Waals surface area (Å²) in [5.74, 6) is 0.629. The highest BCUT2D eigenvalue weighted by atomic mass is 127. The van der Waals surface area contributed by atoms with Crippen LogP contribution in [-0.2, 0) is 31.3 Å². The van der Waals surface area contributed by atoms with Gasteiger partial charge in [0.25, 0.3) is 5.91 Å². The van der Waals surface area contributed by atoms with Crippen molar-refractivity contribution in [1.82, 2.24) is 4.72 Å². The Hall–Kier alpha value is -1.86. The highest BCUT2D eigenvalue weighted by Gasteiger charge is 2.44. The Labute approximate surface area is 279 Å². The predicted molar refractivity (Wildman–Crippen MR) is 181 cm³/mol. The Bertz CT molecular complexity index is 1520. The standard InChI is InChI=1S/C33H40ClIN2O6S/c1-41-14-15-42-30-6-2-5-26(35)19-44(39,40)36-32(38)23-8-12-31-29(17-23)37(18-24-7-10-27(24)30)20-33(21-43-31)13-3-4-22-16-25(34)9-11-28(22)33/h2,6,8-9,11-12,16-17,24,26-27,30H,3-5,7,10,13-15,18-21H2,1H3,(H,36,38)/b6-2+/t24-,26+,27+,30-,33-/m0/s1. The van der Waals surface area contributed by atoms with Crippen molar-refractivity contribution in [2.24, 2.45) is 11.8 Å². The Morgan fingerprint density at radius 3 is 2.84 bits per heavy atom. The summed E-state index contributed by atoms with van der Waals surface area (Å²) < 4.78 is 46.2. The molecule has 2 aliphatic heterocycles. The highest BCUT2D eigenvalue weighted by Crippen LogP contribution is 2.47. The summed E-state index contributed by atoms with van der Waals surface area (Å²) in [6.45, 7) is 3.03. The second-order valence-corrected chi connectivity index (χ2v) is 16.6. The van der Waals surface area contributed by atoms with Crippen molar-refractivity contribution >= 4 is 55.8 Å². The first-order valence-electron chi connectivity index (χ1n) is 15.4.